The van der Waals surface area contributed by atoms with Crippen LogP contribution < -0.4 is 15.4 Å². The van der Waals surface area contributed by atoms with Crippen molar-refractivity contribution >= 4 is 23.4 Å². The highest BCUT2D eigenvalue weighted by Gasteiger charge is 2.24. The van der Waals surface area contributed by atoms with Crippen molar-refractivity contribution in [1.29, 1.82) is 0 Å². The van der Waals surface area contributed by atoms with Crippen molar-refractivity contribution in [2.45, 2.75) is 26.4 Å². The molecule has 29 heavy (non-hydrogen) atoms. The fraction of sp³-hybridized carbons (Fsp3) is 0.364. The van der Waals surface area contributed by atoms with Crippen LogP contribution in [0.15, 0.2) is 48.5 Å². The number of hydrogen-bond acceptors (Lipinski definition) is 4. The number of ether oxygens (including phenoxy) is 2. The second-order valence-electron chi connectivity index (χ2n) is 6.91. The van der Waals surface area contributed by atoms with Crippen molar-refractivity contribution in [1.82, 2.24) is 10.6 Å². The maximum atomic E-state index is 12.7. The fourth-order valence-electron chi connectivity index (χ4n) is 2.65. The first-order valence-corrected chi connectivity index (χ1v) is 9.83. The molecule has 0 radical (unpaired) electrons. The van der Waals surface area contributed by atoms with Gasteiger partial charge >= 0.3 is 0 Å². The molecule has 0 saturated carbocycles. The molecule has 7 heteroatoms. The van der Waals surface area contributed by atoms with Crippen LogP contribution in [-0.2, 0) is 16.1 Å². The van der Waals surface area contributed by atoms with Gasteiger partial charge in [0.2, 0.25) is 5.91 Å². The number of nitrogens with one attached hydrogen (secondary N) is 2. The second-order valence-corrected chi connectivity index (χ2v) is 7.34. The number of halogens is 1. The van der Waals surface area contributed by atoms with E-state index in [1.54, 1.807) is 31.4 Å². The minimum absolute atomic E-state index is 0.0741. The van der Waals surface area contributed by atoms with E-state index in [0.717, 1.165) is 5.56 Å². The smallest absolute Gasteiger partial charge is 0.251 e. The van der Waals surface area contributed by atoms with Gasteiger partial charge in [-0.1, -0.05) is 37.6 Å². The van der Waals surface area contributed by atoms with Crippen molar-refractivity contribution < 1.29 is 19.1 Å². The van der Waals surface area contributed by atoms with Gasteiger partial charge in [0.05, 0.1) is 6.61 Å². The minimum Gasteiger partial charge on any atom is -0.491 e. The Balaban J connectivity index is 1.94. The lowest BCUT2D eigenvalue weighted by Gasteiger charge is -2.22. The Morgan fingerprint density at radius 2 is 1.79 bits per heavy atom. The summed E-state index contributed by atoms with van der Waals surface area (Å²) in [5, 5.41) is 6.24. The molecule has 0 saturated heterocycles. The average molecular weight is 419 g/mol. The van der Waals surface area contributed by atoms with Crippen LogP contribution in [0.2, 0.25) is 5.02 Å². The number of rotatable bonds is 10. The summed E-state index contributed by atoms with van der Waals surface area (Å²) in [7, 11) is 1.62. The third-order valence-electron chi connectivity index (χ3n) is 4.26. The summed E-state index contributed by atoms with van der Waals surface area (Å²) in [6.07, 6.45) is 0. The maximum absolute atomic E-state index is 12.7. The molecule has 2 aromatic rings. The zero-order valence-electron chi connectivity index (χ0n) is 16.9. The molecule has 1 unspecified atom stereocenters. The number of methoxy groups -OCH3 is 1. The molecular weight excluding hydrogens is 392 g/mol. The van der Waals surface area contributed by atoms with E-state index in [2.05, 4.69) is 10.6 Å². The lowest BCUT2D eigenvalue weighted by atomic mass is 10.0. The van der Waals surface area contributed by atoms with Crippen molar-refractivity contribution in [2.24, 2.45) is 5.92 Å². The van der Waals surface area contributed by atoms with Crippen molar-refractivity contribution in [3.63, 3.8) is 0 Å². The molecule has 6 nitrogen and oxygen atoms in total. The van der Waals surface area contributed by atoms with Crippen LogP contribution in [0.3, 0.4) is 0 Å². The number of hydrogen-bond donors (Lipinski definition) is 2. The monoisotopic (exact) mass is 418 g/mol. The molecule has 0 fully saturated rings. The van der Waals surface area contributed by atoms with Gasteiger partial charge in [-0.3, -0.25) is 9.59 Å². The van der Waals surface area contributed by atoms with E-state index in [1.165, 1.54) is 0 Å². The van der Waals surface area contributed by atoms with Gasteiger partial charge in [0.1, 0.15) is 18.4 Å². The third kappa shape index (κ3) is 7.40. The topological polar surface area (TPSA) is 76.7 Å². The molecule has 1 atom stereocenters. The Morgan fingerprint density at radius 1 is 1.07 bits per heavy atom. The number of carbonyl (C=O) groups is 2. The Hall–Kier alpha value is -2.57. The van der Waals surface area contributed by atoms with Gasteiger partial charge < -0.3 is 20.1 Å². The first kappa shape index (κ1) is 22.7. The van der Waals surface area contributed by atoms with Crippen LogP contribution in [-0.4, -0.2) is 38.2 Å². The van der Waals surface area contributed by atoms with Gasteiger partial charge in [-0.25, -0.2) is 0 Å². The first-order chi connectivity index (χ1) is 13.9. The zero-order chi connectivity index (χ0) is 21.2. The molecule has 0 aliphatic carbocycles. The van der Waals surface area contributed by atoms with Gasteiger partial charge in [0.15, 0.2) is 0 Å². The fourth-order valence-corrected chi connectivity index (χ4v) is 2.77. The summed E-state index contributed by atoms with van der Waals surface area (Å²) in [6, 6.07) is 13.4. The van der Waals surface area contributed by atoms with Gasteiger partial charge in [-0.2, -0.15) is 0 Å². The van der Waals surface area contributed by atoms with E-state index in [0.29, 0.717) is 36.1 Å². The van der Waals surface area contributed by atoms with Crippen LogP contribution in [0, 0.1) is 5.92 Å². The highest BCUT2D eigenvalue weighted by atomic mass is 35.5. The summed E-state index contributed by atoms with van der Waals surface area (Å²) in [4.78, 5) is 25.1. The summed E-state index contributed by atoms with van der Waals surface area (Å²) in [5.74, 6) is 0.0808. The van der Waals surface area contributed by atoms with Crippen LogP contribution in [0.25, 0.3) is 0 Å². The van der Waals surface area contributed by atoms with Crippen LogP contribution in [0.4, 0.5) is 0 Å². The molecule has 2 amide bonds. The van der Waals surface area contributed by atoms with Gasteiger partial charge in [-0.05, 0) is 47.9 Å². The molecule has 2 aromatic carbocycles. The molecule has 0 spiro atoms. The van der Waals surface area contributed by atoms with Gasteiger partial charge in [-0.15, -0.1) is 0 Å². The Bertz CT molecular complexity index is 809. The minimum atomic E-state index is -0.653. The van der Waals surface area contributed by atoms with Gasteiger partial charge in [0.25, 0.3) is 5.91 Å². The predicted molar refractivity (Wildman–Crippen MR) is 113 cm³/mol. The summed E-state index contributed by atoms with van der Waals surface area (Å²) < 4.78 is 10.6. The third-order valence-corrected chi connectivity index (χ3v) is 4.52. The maximum Gasteiger partial charge on any atom is 0.251 e. The van der Waals surface area contributed by atoms with Crippen molar-refractivity contribution in [3.8, 4) is 5.75 Å². The van der Waals surface area contributed by atoms with Crippen LogP contribution in [0.1, 0.15) is 29.8 Å². The molecule has 156 valence electrons. The van der Waals surface area contributed by atoms with E-state index < -0.39 is 6.04 Å². The predicted octanol–water partition coefficient (Wildman–Crippen LogP) is 3.44. The lowest BCUT2D eigenvalue weighted by Crippen LogP contribution is -2.49. The zero-order valence-corrected chi connectivity index (χ0v) is 17.7. The standard InChI is InChI=1S/C22H27ClN2O4/c1-15(2)20(25-21(26)17-7-9-18(23)10-8-17)22(27)24-14-16-5-4-6-19(13-16)29-12-11-28-3/h4-10,13,15,20H,11-12,14H2,1-3H3,(H,24,27)(H,25,26). The Labute approximate surface area is 176 Å². The quantitative estimate of drug-likeness (QED) is 0.579. The van der Waals surface area contributed by atoms with E-state index in [1.807, 2.05) is 38.1 Å². The number of amides is 2. The molecule has 2 rings (SSSR count). The van der Waals surface area contributed by atoms with Crippen molar-refractivity contribution in [2.75, 3.05) is 20.3 Å². The van der Waals surface area contributed by atoms with Crippen LogP contribution >= 0.6 is 11.6 Å². The second kappa shape index (κ2) is 11.4. The molecule has 0 aromatic heterocycles. The lowest BCUT2D eigenvalue weighted by molar-refractivity contribution is -0.124. The molecule has 0 aliphatic rings. The van der Waals surface area contributed by atoms with E-state index >= 15 is 0 Å². The Morgan fingerprint density at radius 3 is 2.45 bits per heavy atom. The van der Waals surface area contributed by atoms with Crippen molar-refractivity contribution in [3.05, 3.63) is 64.7 Å². The van der Waals surface area contributed by atoms with E-state index in [9.17, 15) is 9.59 Å². The SMILES string of the molecule is COCCOc1cccc(CNC(=O)C(NC(=O)c2ccc(Cl)cc2)C(C)C)c1. The summed E-state index contributed by atoms with van der Waals surface area (Å²) >= 11 is 5.86. The first-order valence-electron chi connectivity index (χ1n) is 9.45. The van der Waals surface area contributed by atoms with E-state index in [-0.39, 0.29) is 17.7 Å². The molecule has 0 aliphatic heterocycles. The number of benzene rings is 2. The van der Waals surface area contributed by atoms with E-state index in [4.69, 9.17) is 21.1 Å². The highest BCUT2D eigenvalue weighted by molar-refractivity contribution is 6.30. The summed E-state index contributed by atoms with van der Waals surface area (Å²) in [5.41, 5.74) is 1.36. The van der Waals surface area contributed by atoms with Gasteiger partial charge in [0, 0.05) is 24.2 Å². The normalized spacial score (nSPS) is 11.8. The largest absolute Gasteiger partial charge is 0.491 e. The Kier molecular flexibility index (Phi) is 8.96. The molecule has 0 heterocycles. The summed E-state index contributed by atoms with van der Waals surface area (Å²) in [6.45, 7) is 5.07. The number of carbonyl (C=O) groups excluding carboxylic acids is 2. The molecule has 2 N–H and O–H groups in total. The molecular formula is C22H27ClN2O4. The average Bonchev–Trinajstić information content (AvgIpc) is 2.71. The highest BCUT2D eigenvalue weighted by Crippen LogP contribution is 2.14. The molecule has 0 bridgehead atoms. The van der Waals surface area contributed by atoms with Crippen LogP contribution in [0.5, 0.6) is 5.75 Å².